The summed E-state index contributed by atoms with van der Waals surface area (Å²) < 4.78 is 0. The molecule has 0 aliphatic carbocycles. The van der Waals surface area contributed by atoms with E-state index < -0.39 is 0 Å². The zero-order chi connectivity index (χ0) is 18.5. The molecule has 1 saturated heterocycles. The molecule has 1 fully saturated rings. The van der Waals surface area contributed by atoms with Crippen LogP contribution in [0.5, 0.6) is 0 Å². The molecule has 0 radical (unpaired) electrons. The Morgan fingerprint density at radius 1 is 1.00 bits per heavy atom. The Labute approximate surface area is 175 Å². The Balaban J connectivity index is 1.86. The average Bonchev–Trinajstić information content (AvgIpc) is 2.63. The van der Waals surface area contributed by atoms with Crippen LogP contribution in [0.25, 0.3) is 0 Å². The van der Waals surface area contributed by atoms with E-state index in [2.05, 4.69) is 28.2 Å². The lowest BCUT2D eigenvalue weighted by Crippen LogP contribution is -2.49. The Hall–Kier alpha value is -0.580. The summed E-state index contributed by atoms with van der Waals surface area (Å²) >= 11 is 20.6. The van der Waals surface area contributed by atoms with Gasteiger partial charge in [-0.3, -0.25) is 4.90 Å². The summed E-state index contributed by atoms with van der Waals surface area (Å²) in [6, 6.07) is 14.2. The van der Waals surface area contributed by atoms with Crippen LogP contribution in [0.3, 0.4) is 0 Å². The second-order valence-corrected chi connectivity index (χ2v) is 8.77. The lowest BCUT2D eigenvalue weighted by molar-refractivity contribution is 0.224. The predicted molar refractivity (Wildman–Crippen MR) is 117 cm³/mol. The Morgan fingerprint density at radius 2 is 1.73 bits per heavy atom. The van der Waals surface area contributed by atoms with E-state index in [0.29, 0.717) is 10.0 Å². The highest BCUT2D eigenvalue weighted by molar-refractivity contribution is 7.98. The molecule has 2 aromatic rings. The molecular formula is C20H23Cl3N2S. The Bertz CT molecular complexity index is 723. The van der Waals surface area contributed by atoms with E-state index in [1.165, 1.54) is 17.7 Å². The normalized spacial score (nSPS) is 18.3. The van der Waals surface area contributed by atoms with Crippen molar-refractivity contribution in [3.63, 3.8) is 0 Å². The van der Waals surface area contributed by atoms with Crippen molar-refractivity contribution in [2.75, 3.05) is 43.1 Å². The summed E-state index contributed by atoms with van der Waals surface area (Å²) in [5.41, 5.74) is 2.30. The van der Waals surface area contributed by atoms with Gasteiger partial charge < -0.3 is 4.90 Å². The van der Waals surface area contributed by atoms with E-state index in [4.69, 9.17) is 34.8 Å². The molecular weight excluding hydrogens is 407 g/mol. The third-order valence-electron chi connectivity index (χ3n) is 4.76. The van der Waals surface area contributed by atoms with Crippen molar-refractivity contribution in [1.82, 2.24) is 4.90 Å². The number of hydrogen-bond acceptors (Lipinski definition) is 3. The highest BCUT2D eigenvalue weighted by atomic mass is 35.5. The van der Waals surface area contributed by atoms with Crippen LogP contribution >= 0.6 is 46.6 Å². The second-order valence-electron chi connectivity index (χ2n) is 6.50. The van der Waals surface area contributed by atoms with Crippen LogP contribution in [0.15, 0.2) is 42.5 Å². The van der Waals surface area contributed by atoms with Crippen molar-refractivity contribution < 1.29 is 0 Å². The monoisotopic (exact) mass is 428 g/mol. The fourth-order valence-electron chi connectivity index (χ4n) is 3.45. The summed E-state index contributed by atoms with van der Waals surface area (Å²) in [7, 11) is 0. The summed E-state index contributed by atoms with van der Waals surface area (Å²) in [6.45, 7) is 4.09. The number of halogens is 3. The fourth-order valence-corrected chi connectivity index (χ4v) is 4.51. The third kappa shape index (κ3) is 5.02. The first-order valence-electron chi connectivity index (χ1n) is 8.77. The van der Waals surface area contributed by atoms with Gasteiger partial charge in [0.05, 0.1) is 16.8 Å². The maximum absolute atomic E-state index is 6.52. The topological polar surface area (TPSA) is 6.48 Å². The van der Waals surface area contributed by atoms with Crippen molar-refractivity contribution in [3.8, 4) is 0 Å². The smallest absolute Gasteiger partial charge is 0.0670 e. The number of benzene rings is 2. The Morgan fingerprint density at radius 3 is 2.42 bits per heavy atom. The molecule has 0 amide bonds. The summed E-state index contributed by atoms with van der Waals surface area (Å²) in [4.78, 5) is 4.95. The minimum absolute atomic E-state index is 0.244. The lowest BCUT2D eigenvalue weighted by Gasteiger charge is -2.43. The van der Waals surface area contributed by atoms with Crippen LogP contribution in [-0.4, -0.2) is 43.1 Å². The highest BCUT2D eigenvalue weighted by Crippen LogP contribution is 2.36. The minimum atomic E-state index is 0.244. The average molecular weight is 430 g/mol. The van der Waals surface area contributed by atoms with E-state index in [1.807, 2.05) is 42.1 Å². The van der Waals surface area contributed by atoms with Gasteiger partial charge in [0.15, 0.2) is 0 Å². The van der Waals surface area contributed by atoms with Gasteiger partial charge in [0.1, 0.15) is 0 Å². The van der Waals surface area contributed by atoms with Gasteiger partial charge >= 0.3 is 0 Å². The summed E-state index contributed by atoms with van der Waals surface area (Å²) in [5, 5.41) is 2.13. The standard InChI is InChI=1S/C20H23Cl3N2S/c1-26-12-2-9-24-10-11-25(19-8-7-17(22)13-18(19)23)20(14-24)15-3-5-16(21)6-4-15/h3-8,13,20H,2,9-12,14H2,1H3. The van der Waals surface area contributed by atoms with Crippen LogP contribution < -0.4 is 4.90 Å². The van der Waals surface area contributed by atoms with E-state index in [0.717, 1.165) is 36.9 Å². The third-order valence-corrected chi connectivity index (χ3v) is 6.25. The number of nitrogens with zero attached hydrogens (tertiary/aromatic N) is 2. The zero-order valence-electron chi connectivity index (χ0n) is 14.8. The first kappa shape index (κ1) is 20.2. The molecule has 0 spiro atoms. The molecule has 6 heteroatoms. The fraction of sp³-hybridized carbons (Fsp3) is 0.400. The number of thioether (sulfide) groups is 1. The van der Waals surface area contributed by atoms with Gasteiger partial charge in [0.25, 0.3) is 0 Å². The molecule has 26 heavy (non-hydrogen) atoms. The van der Waals surface area contributed by atoms with E-state index >= 15 is 0 Å². The van der Waals surface area contributed by atoms with Gasteiger partial charge in [-0.05, 0) is 60.9 Å². The molecule has 1 aliphatic rings. The molecule has 1 unspecified atom stereocenters. The molecule has 2 nitrogen and oxygen atoms in total. The molecule has 0 saturated carbocycles. The van der Waals surface area contributed by atoms with Gasteiger partial charge in [-0.25, -0.2) is 0 Å². The molecule has 1 atom stereocenters. The van der Waals surface area contributed by atoms with Crippen LogP contribution in [-0.2, 0) is 0 Å². The van der Waals surface area contributed by atoms with E-state index in [-0.39, 0.29) is 6.04 Å². The first-order chi connectivity index (χ1) is 12.6. The van der Waals surface area contributed by atoms with Gasteiger partial charge in [-0.15, -0.1) is 0 Å². The molecule has 1 heterocycles. The first-order valence-corrected chi connectivity index (χ1v) is 11.3. The summed E-state index contributed by atoms with van der Waals surface area (Å²) in [6.07, 6.45) is 3.38. The van der Waals surface area contributed by atoms with Crippen LogP contribution in [0.4, 0.5) is 5.69 Å². The molecule has 1 aliphatic heterocycles. The number of anilines is 1. The zero-order valence-corrected chi connectivity index (χ0v) is 17.9. The molecule has 3 rings (SSSR count). The van der Waals surface area contributed by atoms with Crippen molar-refractivity contribution in [2.45, 2.75) is 12.5 Å². The number of rotatable bonds is 6. The summed E-state index contributed by atoms with van der Waals surface area (Å²) in [5.74, 6) is 1.20. The maximum atomic E-state index is 6.52. The molecule has 2 aromatic carbocycles. The molecule has 0 N–H and O–H groups in total. The van der Waals surface area contributed by atoms with Gasteiger partial charge in [-0.1, -0.05) is 46.9 Å². The second kappa shape index (κ2) is 9.57. The van der Waals surface area contributed by atoms with Crippen LogP contribution in [0.1, 0.15) is 18.0 Å². The Kier molecular flexibility index (Phi) is 7.42. The van der Waals surface area contributed by atoms with E-state index in [1.54, 1.807) is 0 Å². The molecule has 0 aromatic heterocycles. The molecule has 140 valence electrons. The van der Waals surface area contributed by atoms with Crippen LogP contribution in [0.2, 0.25) is 15.1 Å². The highest BCUT2D eigenvalue weighted by Gasteiger charge is 2.29. The van der Waals surface area contributed by atoms with Crippen molar-refractivity contribution >= 4 is 52.3 Å². The van der Waals surface area contributed by atoms with Gasteiger partial charge in [0.2, 0.25) is 0 Å². The van der Waals surface area contributed by atoms with Crippen molar-refractivity contribution in [1.29, 1.82) is 0 Å². The van der Waals surface area contributed by atoms with Crippen LogP contribution in [0, 0.1) is 0 Å². The largest absolute Gasteiger partial charge is 0.361 e. The number of piperazine rings is 1. The van der Waals surface area contributed by atoms with Gasteiger partial charge in [0, 0.05) is 29.7 Å². The molecule has 0 bridgehead atoms. The maximum Gasteiger partial charge on any atom is 0.0670 e. The minimum Gasteiger partial charge on any atom is -0.361 e. The van der Waals surface area contributed by atoms with Crippen molar-refractivity contribution in [3.05, 3.63) is 63.1 Å². The SMILES string of the molecule is CSCCCN1CCN(c2ccc(Cl)cc2Cl)C(c2ccc(Cl)cc2)C1. The lowest BCUT2D eigenvalue weighted by atomic mass is 10.0. The van der Waals surface area contributed by atoms with E-state index in [9.17, 15) is 0 Å². The van der Waals surface area contributed by atoms with Crippen molar-refractivity contribution in [2.24, 2.45) is 0 Å². The number of hydrogen-bond donors (Lipinski definition) is 0. The van der Waals surface area contributed by atoms with Gasteiger partial charge in [-0.2, -0.15) is 11.8 Å². The predicted octanol–water partition coefficient (Wildman–Crippen LogP) is 6.26. The quantitative estimate of drug-likeness (QED) is 0.500.